The molecule has 2 N–H and O–H groups in total. The number of ketones is 2. The molecule has 0 bridgehead atoms. The van der Waals surface area contributed by atoms with Crippen molar-refractivity contribution < 1.29 is 29.3 Å². The van der Waals surface area contributed by atoms with Crippen molar-refractivity contribution in [1.29, 1.82) is 0 Å². The zero-order chi connectivity index (χ0) is 27.3. The molecular weight excluding hydrogens is 456 g/mol. The number of ether oxygens (including phenoxy) is 1. The van der Waals surface area contributed by atoms with Crippen LogP contribution in [0.2, 0.25) is 0 Å². The zero-order valence-corrected chi connectivity index (χ0v) is 22.1. The highest BCUT2D eigenvalue weighted by molar-refractivity contribution is 6.10. The SMILES string of the molecule is C=CCc1c(O)c(C(C)=O)c(C(C)=O)c(C)c1CC.C=CCc1c(O)c2c(c(C)c1CC)COC2=O. The zero-order valence-electron chi connectivity index (χ0n) is 22.1. The van der Waals surface area contributed by atoms with Gasteiger partial charge < -0.3 is 14.9 Å². The van der Waals surface area contributed by atoms with Gasteiger partial charge in [-0.3, -0.25) is 9.59 Å². The minimum absolute atomic E-state index is 0.0694. The summed E-state index contributed by atoms with van der Waals surface area (Å²) >= 11 is 0. The molecule has 6 nitrogen and oxygen atoms in total. The van der Waals surface area contributed by atoms with E-state index in [2.05, 4.69) is 13.2 Å². The van der Waals surface area contributed by atoms with E-state index in [9.17, 15) is 24.6 Å². The third-order valence-electron chi connectivity index (χ3n) is 6.72. The summed E-state index contributed by atoms with van der Waals surface area (Å²) in [7, 11) is 0. The van der Waals surface area contributed by atoms with Crippen LogP contribution in [0.1, 0.15) is 97.7 Å². The highest BCUT2D eigenvalue weighted by atomic mass is 16.5. The van der Waals surface area contributed by atoms with E-state index in [1.54, 1.807) is 12.2 Å². The Morgan fingerprint density at radius 1 is 0.833 bits per heavy atom. The number of allylic oxidation sites excluding steroid dienone is 2. The number of cyclic esters (lactones) is 1. The number of phenolic OH excluding ortho intramolecular Hbond substituents is 2. The minimum Gasteiger partial charge on any atom is -0.507 e. The molecule has 2 aromatic rings. The molecule has 0 saturated carbocycles. The lowest BCUT2D eigenvalue weighted by molar-refractivity contribution is 0.0532. The largest absolute Gasteiger partial charge is 0.507 e. The van der Waals surface area contributed by atoms with Gasteiger partial charge in [0.2, 0.25) is 0 Å². The van der Waals surface area contributed by atoms with E-state index in [0.29, 0.717) is 36.0 Å². The lowest BCUT2D eigenvalue weighted by atomic mass is 9.86. The number of Topliss-reactive ketones (excluding diaryl/α,β-unsaturated/α-hetero) is 2. The second kappa shape index (κ2) is 11.8. The summed E-state index contributed by atoms with van der Waals surface area (Å²) in [6.07, 6.45) is 5.99. The molecule has 0 aliphatic carbocycles. The molecule has 192 valence electrons. The number of aromatic hydroxyl groups is 2. The fourth-order valence-corrected chi connectivity index (χ4v) is 5.09. The topological polar surface area (TPSA) is 101 Å². The number of carbonyl (C=O) groups excluding carboxylic acids is 3. The Labute approximate surface area is 213 Å². The lowest BCUT2D eigenvalue weighted by Gasteiger charge is -2.19. The summed E-state index contributed by atoms with van der Waals surface area (Å²) in [4.78, 5) is 35.1. The molecule has 1 aliphatic rings. The van der Waals surface area contributed by atoms with Crippen LogP contribution in [-0.4, -0.2) is 27.7 Å². The molecule has 0 radical (unpaired) electrons. The predicted molar refractivity (Wildman–Crippen MR) is 141 cm³/mol. The van der Waals surface area contributed by atoms with Crippen molar-refractivity contribution in [3.63, 3.8) is 0 Å². The molecule has 0 fully saturated rings. The van der Waals surface area contributed by atoms with Crippen molar-refractivity contribution in [2.75, 3.05) is 0 Å². The Morgan fingerprint density at radius 2 is 1.31 bits per heavy atom. The van der Waals surface area contributed by atoms with Crippen LogP contribution < -0.4 is 0 Å². The molecule has 0 saturated heterocycles. The molecular formula is C30H36O6. The average Bonchev–Trinajstić information content (AvgIpc) is 3.21. The number of benzene rings is 2. The van der Waals surface area contributed by atoms with E-state index in [-0.39, 0.29) is 35.2 Å². The maximum atomic E-state index is 11.8. The molecule has 0 aromatic heterocycles. The van der Waals surface area contributed by atoms with E-state index in [0.717, 1.165) is 39.8 Å². The van der Waals surface area contributed by atoms with Crippen molar-refractivity contribution in [1.82, 2.24) is 0 Å². The Balaban J connectivity index is 0.000000255. The monoisotopic (exact) mass is 492 g/mol. The maximum absolute atomic E-state index is 11.8. The number of esters is 1. The van der Waals surface area contributed by atoms with Gasteiger partial charge in [0.15, 0.2) is 11.6 Å². The van der Waals surface area contributed by atoms with Gasteiger partial charge in [-0.15, -0.1) is 13.2 Å². The second-order valence-electron chi connectivity index (χ2n) is 8.85. The Morgan fingerprint density at radius 3 is 1.75 bits per heavy atom. The summed E-state index contributed by atoms with van der Waals surface area (Å²) in [5.74, 6) is -0.907. The van der Waals surface area contributed by atoms with Gasteiger partial charge >= 0.3 is 5.97 Å². The maximum Gasteiger partial charge on any atom is 0.342 e. The van der Waals surface area contributed by atoms with Gasteiger partial charge in [-0.2, -0.15) is 0 Å². The molecule has 6 heteroatoms. The molecule has 2 aromatic carbocycles. The van der Waals surface area contributed by atoms with Gasteiger partial charge in [-0.25, -0.2) is 4.79 Å². The molecule has 0 spiro atoms. The van der Waals surface area contributed by atoms with Crippen LogP contribution in [0.3, 0.4) is 0 Å². The molecule has 0 atom stereocenters. The van der Waals surface area contributed by atoms with E-state index < -0.39 is 5.97 Å². The number of hydrogen-bond donors (Lipinski definition) is 2. The van der Waals surface area contributed by atoms with Gasteiger partial charge in [0.25, 0.3) is 0 Å². The van der Waals surface area contributed by atoms with Crippen molar-refractivity contribution in [2.24, 2.45) is 0 Å². The minimum atomic E-state index is -0.423. The summed E-state index contributed by atoms with van der Waals surface area (Å²) in [5.41, 5.74) is 7.02. The Hall–Kier alpha value is -3.67. The van der Waals surface area contributed by atoms with Crippen LogP contribution >= 0.6 is 0 Å². The molecule has 1 heterocycles. The first-order valence-corrected chi connectivity index (χ1v) is 12.1. The quantitative estimate of drug-likeness (QED) is 0.264. The van der Waals surface area contributed by atoms with Gasteiger partial charge in [0, 0.05) is 22.3 Å². The van der Waals surface area contributed by atoms with E-state index in [4.69, 9.17) is 4.74 Å². The van der Waals surface area contributed by atoms with Crippen LogP contribution in [0.4, 0.5) is 0 Å². The first-order valence-electron chi connectivity index (χ1n) is 12.1. The first-order chi connectivity index (χ1) is 17.0. The van der Waals surface area contributed by atoms with Crippen LogP contribution in [-0.2, 0) is 37.0 Å². The number of fused-ring (bicyclic) bond motifs is 1. The standard InChI is InChI=1S/C16H20O3.C14H16O3/c1-6-8-13-12(7-2)9(3)14(10(4)17)15(11(5)18)16(13)19;1-4-6-10-9(5-2)8(3)11-7-17-14(16)12(11)13(10)15/h6,19H,1,7-8H2,2-5H3;4,15H,1,5-7H2,2-3H3. The van der Waals surface area contributed by atoms with Crippen LogP contribution in [0.5, 0.6) is 11.5 Å². The number of carbonyl (C=O) groups is 3. The molecule has 3 rings (SSSR count). The van der Waals surface area contributed by atoms with Crippen molar-refractivity contribution in [2.45, 2.75) is 73.8 Å². The second-order valence-corrected chi connectivity index (χ2v) is 8.85. The third kappa shape index (κ3) is 5.13. The molecule has 1 aliphatic heterocycles. The van der Waals surface area contributed by atoms with Gasteiger partial charge in [0.1, 0.15) is 23.7 Å². The Kier molecular flexibility index (Phi) is 9.40. The molecule has 36 heavy (non-hydrogen) atoms. The summed E-state index contributed by atoms with van der Waals surface area (Å²) in [6, 6.07) is 0. The summed E-state index contributed by atoms with van der Waals surface area (Å²) in [5, 5.41) is 20.5. The predicted octanol–water partition coefficient (Wildman–Crippen LogP) is 6.06. The van der Waals surface area contributed by atoms with Gasteiger partial charge in [-0.05, 0) is 75.6 Å². The summed E-state index contributed by atoms with van der Waals surface area (Å²) in [6.45, 7) is 18.2. The van der Waals surface area contributed by atoms with Crippen LogP contribution in [0.25, 0.3) is 0 Å². The fraction of sp³-hybridized carbons (Fsp3) is 0.367. The molecule has 0 unspecified atom stereocenters. The number of rotatable bonds is 8. The molecule has 0 amide bonds. The van der Waals surface area contributed by atoms with Crippen molar-refractivity contribution >= 4 is 17.5 Å². The van der Waals surface area contributed by atoms with E-state index in [1.807, 2.05) is 27.7 Å². The normalized spacial score (nSPS) is 11.8. The van der Waals surface area contributed by atoms with Crippen LogP contribution in [0.15, 0.2) is 25.3 Å². The van der Waals surface area contributed by atoms with E-state index in [1.165, 1.54) is 13.8 Å². The first kappa shape index (κ1) is 28.6. The van der Waals surface area contributed by atoms with Crippen molar-refractivity contribution in [3.8, 4) is 11.5 Å². The van der Waals surface area contributed by atoms with Crippen molar-refractivity contribution in [3.05, 3.63) is 80.9 Å². The van der Waals surface area contributed by atoms with Gasteiger partial charge in [0.05, 0.1) is 5.56 Å². The smallest absolute Gasteiger partial charge is 0.342 e. The Bertz CT molecular complexity index is 1250. The number of phenols is 2. The summed E-state index contributed by atoms with van der Waals surface area (Å²) < 4.78 is 4.99. The highest BCUT2D eigenvalue weighted by Crippen LogP contribution is 2.38. The average molecular weight is 493 g/mol. The third-order valence-corrected chi connectivity index (χ3v) is 6.72. The lowest BCUT2D eigenvalue weighted by Crippen LogP contribution is -2.12. The van der Waals surface area contributed by atoms with E-state index >= 15 is 0 Å². The van der Waals surface area contributed by atoms with Gasteiger partial charge in [-0.1, -0.05) is 26.0 Å². The highest BCUT2D eigenvalue weighted by Gasteiger charge is 2.30. The number of hydrogen-bond acceptors (Lipinski definition) is 6. The van der Waals surface area contributed by atoms with Crippen LogP contribution in [0, 0.1) is 13.8 Å². The fourth-order valence-electron chi connectivity index (χ4n) is 5.09.